The van der Waals surface area contributed by atoms with E-state index >= 15 is 0 Å². The minimum atomic E-state index is -0.548. The highest BCUT2D eigenvalue weighted by atomic mass is 32.1. The van der Waals surface area contributed by atoms with Crippen molar-refractivity contribution >= 4 is 28.1 Å². The Morgan fingerprint density at radius 3 is 2.80 bits per heavy atom. The van der Waals surface area contributed by atoms with E-state index < -0.39 is 11.7 Å². The quantitative estimate of drug-likeness (QED) is 0.850. The summed E-state index contributed by atoms with van der Waals surface area (Å²) in [5, 5.41) is 11.7. The Morgan fingerprint density at radius 2 is 2.15 bits per heavy atom. The van der Waals surface area contributed by atoms with Crippen molar-refractivity contribution in [3.63, 3.8) is 0 Å². The van der Waals surface area contributed by atoms with Crippen LogP contribution in [-0.4, -0.2) is 16.1 Å². The largest absolute Gasteiger partial charge is 0.399 e. The number of nitrogens with zero attached hydrogens (tertiary/aromatic N) is 2. The first-order valence-electron chi connectivity index (χ1n) is 6.14. The number of nitrogen functional groups attached to an aromatic ring is 1. The molecule has 3 N–H and O–H groups in total. The topological polar surface area (TPSA) is 80.9 Å². The minimum Gasteiger partial charge on any atom is -0.399 e. The average Bonchev–Trinajstić information content (AvgIpc) is 2.74. The number of rotatable bonds is 4. The van der Waals surface area contributed by atoms with E-state index in [9.17, 15) is 9.18 Å². The van der Waals surface area contributed by atoms with Crippen molar-refractivity contribution < 1.29 is 9.18 Å². The number of hydrogen-bond acceptors (Lipinski definition) is 5. The molecule has 0 aliphatic rings. The van der Waals surface area contributed by atoms with Crippen LogP contribution in [0.5, 0.6) is 0 Å². The SMILES string of the molecule is CC(C)Cc1nnc(NC(=O)c2cc(N)cc(F)c2)s1. The van der Waals surface area contributed by atoms with Crippen LogP contribution >= 0.6 is 11.3 Å². The van der Waals surface area contributed by atoms with Crippen LogP contribution in [0.3, 0.4) is 0 Å². The lowest BCUT2D eigenvalue weighted by Gasteiger charge is -2.02. The molecule has 0 bridgehead atoms. The molecule has 2 rings (SSSR count). The van der Waals surface area contributed by atoms with Gasteiger partial charge < -0.3 is 5.73 Å². The van der Waals surface area contributed by atoms with Gasteiger partial charge >= 0.3 is 0 Å². The monoisotopic (exact) mass is 294 g/mol. The summed E-state index contributed by atoms with van der Waals surface area (Å²) in [5.41, 5.74) is 5.86. The first-order valence-corrected chi connectivity index (χ1v) is 6.95. The van der Waals surface area contributed by atoms with Gasteiger partial charge in [0.2, 0.25) is 5.13 Å². The molecule has 0 fully saturated rings. The molecule has 0 aliphatic carbocycles. The summed E-state index contributed by atoms with van der Waals surface area (Å²) in [7, 11) is 0. The molecular formula is C13H15FN4OS. The van der Waals surface area contributed by atoms with Gasteiger partial charge in [-0.25, -0.2) is 4.39 Å². The van der Waals surface area contributed by atoms with Gasteiger partial charge in [0.05, 0.1) is 0 Å². The maximum Gasteiger partial charge on any atom is 0.257 e. The van der Waals surface area contributed by atoms with Gasteiger partial charge in [-0.1, -0.05) is 25.2 Å². The third kappa shape index (κ3) is 3.74. The molecular weight excluding hydrogens is 279 g/mol. The molecule has 0 radical (unpaired) electrons. The van der Waals surface area contributed by atoms with Gasteiger partial charge in [-0.15, -0.1) is 10.2 Å². The number of benzene rings is 1. The molecule has 5 nitrogen and oxygen atoms in total. The summed E-state index contributed by atoms with van der Waals surface area (Å²) < 4.78 is 13.2. The maximum absolute atomic E-state index is 13.2. The summed E-state index contributed by atoms with van der Waals surface area (Å²) in [4.78, 5) is 12.0. The van der Waals surface area contributed by atoms with Gasteiger partial charge in [0.1, 0.15) is 10.8 Å². The van der Waals surface area contributed by atoms with Gasteiger partial charge in [0.15, 0.2) is 0 Å². The van der Waals surface area contributed by atoms with E-state index in [1.165, 1.54) is 17.4 Å². The number of hydrogen-bond donors (Lipinski definition) is 2. The standard InChI is InChI=1S/C13H15FN4OS/c1-7(2)3-11-17-18-13(20-11)16-12(19)8-4-9(14)6-10(15)5-8/h4-7H,3,15H2,1-2H3,(H,16,18,19). The van der Waals surface area contributed by atoms with Crippen molar-refractivity contribution in [3.05, 3.63) is 34.6 Å². The predicted octanol–water partition coefficient (Wildman–Crippen LogP) is 2.71. The van der Waals surface area contributed by atoms with Crippen molar-refractivity contribution in [3.8, 4) is 0 Å². The third-order valence-corrected chi connectivity index (χ3v) is 3.31. The Hall–Kier alpha value is -2.02. The highest BCUT2D eigenvalue weighted by molar-refractivity contribution is 7.15. The molecule has 0 unspecified atom stereocenters. The second-order valence-corrected chi connectivity index (χ2v) is 5.89. The fourth-order valence-corrected chi connectivity index (χ4v) is 2.60. The first-order chi connectivity index (χ1) is 9.44. The van der Waals surface area contributed by atoms with Crippen LogP contribution in [0, 0.1) is 11.7 Å². The highest BCUT2D eigenvalue weighted by Gasteiger charge is 2.12. The Labute approximate surface area is 120 Å². The minimum absolute atomic E-state index is 0.156. The van der Waals surface area contributed by atoms with Crippen molar-refractivity contribution in [1.29, 1.82) is 0 Å². The van der Waals surface area contributed by atoms with Crippen molar-refractivity contribution in [1.82, 2.24) is 10.2 Å². The maximum atomic E-state index is 13.2. The second-order valence-electron chi connectivity index (χ2n) is 4.83. The van der Waals surface area contributed by atoms with Gasteiger partial charge in [0.25, 0.3) is 5.91 Å². The van der Waals surface area contributed by atoms with Crippen LogP contribution in [0.1, 0.15) is 29.2 Å². The van der Waals surface area contributed by atoms with Crippen LogP contribution in [0.4, 0.5) is 15.2 Å². The summed E-state index contributed by atoms with van der Waals surface area (Å²) >= 11 is 1.31. The van der Waals surface area contributed by atoms with Gasteiger partial charge in [-0.2, -0.15) is 0 Å². The van der Waals surface area contributed by atoms with E-state index in [0.29, 0.717) is 11.0 Å². The van der Waals surface area contributed by atoms with E-state index in [2.05, 4.69) is 29.4 Å². The normalized spacial score (nSPS) is 10.8. The molecule has 1 aromatic heterocycles. The van der Waals surface area contributed by atoms with Gasteiger partial charge in [-0.3, -0.25) is 10.1 Å². The lowest BCUT2D eigenvalue weighted by molar-refractivity contribution is 0.102. The van der Waals surface area contributed by atoms with E-state index in [-0.39, 0.29) is 11.3 Å². The van der Waals surface area contributed by atoms with Crippen LogP contribution in [0.15, 0.2) is 18.2 Å². The number of carbonyl (C=O) groups excluding carboxylic acids is 1. The molecule has 0 saturated carbocycles. The average molecular weight is 294 g/mol. The molecule has 1 amide bonds. The Balaban J connectivity index is 2.09. The summed E-state index contributed by atoms with van der Waals surface area (Å²) in [5.74, 6) is -0.536. The molecule has 0 aliphatic heterocycles. The fraction of sp³-hybridized carbons (Fsp3) is 0.308. The molecule has 2 aromatic rings. The predicted molar refractivity (Wildman–Crippen MR) is 77.2 cm³/mol. The van der Waals surface area contributed by atoms with Crippen molar-refractivity contribution in [2.45, 2.75) is 20.3 Å². The van der Waals surface area contributed by atoms with E-state index in [1.54, 1.807) is 0 Å². The zero-order valence-electron chi connectivity index (χ0n) is 11.2. The molecule has 7 heteroatoms. The molecule has 0 atom stereocenters. The van der Waals surface area contributed by atoms with Crippen LogP contribution < -0.4 is 11.1 Å². The third-order valence-electron chi connectivity index (χ3n) is 2.45. The van der Waals surface area contributed by atoms with E-state index in [1.807, 2.05) is 0 Å². The first kappa shape index (κ1) is 14.4. The molecule has 1 heterocycles. The Bertz CT molecular complexity index is 606. The zero-order chi connectivity index (χ0) is 14.7. The number of nitrogens with two attached hydrogens (primary N) is 1. The number of carbonyl (C=O) groups is 1. The fourth-order valence-electron chi connectivity index (χ4n) is 1.65. The number of amides is 1. The molecule has 1 aromatic carbocycles. The lowest BCUT2D eigenvalue weighted by Crippen LogP contribution is -2.12. The van der Waals surface area contributed by atoms with Gasteiger partial charge in [0, 0.05) is 17.7 Å². The molecule has 20 heavy (non-hydrogen) atoms. The number of halogens is 1. The van der Waals surface area contributed by atoms with Crippen molar-refractivity contribution in [2.75, 3.05) is 11.1 Å². The van der Waals surface area contributed by atoms with Crippen LogP contribution in [-0.2, 0) is 6.42 Å². The van der Waals surface area contributed by atoms with Crippen LogP contribution in [0.25, 0.3) is 0 Å². The number of aromatic nitrogens is 2. The van der Waals surface area contributed by atoms with E-state index in [0.717, 1.165) is 23.6 Å². The molecule has 0 saturated heterocycles. The summed E-state index contributed by atoms with van der Waals surface area (Å²) in [6, 6.07) is 3.69. The molecule has 0 spiro atoms. The number of anilines is 2. The number of nitrogens with one attached hydrogen (secondary N) is 1. The van der Waals surface area contributed by atoms with Gasteiger partial charge in [-0.05, 0) is 24.1 Å². The molecule has 106 valence electrons. The zero-order valence-corrected chi connectivity index (χ0v) is 12.0. The Kier molecular flexibility index (Phi) is 4.29. The Morgan fingerprint density at radius 1 is 1.40 bits per heavy atom. The smallest absolute Gasteiger partial charge is 0.257 e. The van der Waals surface area contributed by atoms with Crippen molar-refractivity contribution in [2.24, 2.45) is 5.92 Å². The summed E-state index contributed by atoms with van der Waals surface area (Å²) in [6.45, 7) is 4.16. The second kappa shape index (κ2) is 5.96. The van der Waals surface area contributed by atoms with E-state index in [4.69, 9.17) is 5.73 Å². The summed E-state index contributed by atoms with van der Waals surface area (Å²) in [6.07, 6.45) is 0.806. The lowest BCUT2D eigenvalue weighted by atomic mass is 10.1. The highest BCUT2D eigenvalue weighted by Crippen LogP contribution is 2.19. The van der Waals surface area contributed by atoms with Crippen LogP contribution in [0.2, 0.25) is 0 Å².